The van der Waals surface area contributed by atoms with Gasteiger partial charge in [0, 0.05) is 5.56 Å². The first kappa shape index (κ1) is 17.6. The van der Waals surface area contributed by atoms with Crippen LogP contribution in [0.25, 0.3) is 0 Å². The van der Waals surface area contributed by atoms with E-state index < -0.39 is 11.8 Å². The molecule has 0 heterocycles. The Morgan fingerprint density at radius 1 is 1.05 bits per heavy atom. The van der Waals surface area contributed by atoms with Crippen LogP contribution in [0.5, 0.6) is 11.5 Å². The third kappa shape index (κ3) is 4.27. The lowest BCUT2D eigenvalue weighted by molar-refractivity contribution is -0.259. The van der Waals surface area contributed by atoms with Crippen molar-refractivity contribution in [3.8, 4) is 11.5 Å². The molecule has 0 amide bonds. The Morgan fingerprint density at radius 3 is 2.14 bits per heavy atom. The highest BCUT2D eigenvalue weighted by Gasteiger charge is 2.52. The number of hydrogen-bond donors (Lipinski definition) is 1. The van der Waals surface area contributed by atoms with Gasteiger partial charge < -0.3 is 14.6 Å². The SMILES string of the molecule is CCCOc1ccc(OCCC)c(C(C)(O)C(F)(F)F)c1. The molecular weight excluding hydrogens is 285 g/mol. The third-order valence-electron chi connectivity index (χ3n) is 2.96. The predicted molar refractivity (Wildman–Crippen MR) is 73.6 cm³/mol. The maximum atomic E-state index is 13.1. The molecule has 6 heteroatoms. The van der Waals surface area contributed by atoms with E-state index in [1.54, 1.807) is 0 Å². The lowest BCUT2D eigenvalue weighted by Crippen LogP contribution is -2.39. The molecule has 0 aliphatic rings. The molecule has 0 aromatic heterocycles. The Bertz CT molecular complexity index is 456. The molecule has 0 radical (unpaired) electrons. The average Bonchev–Trinajstić information content (AvgIpc) is 2.42. The second kappa shape index (κ2) is 7.02. The zero-order valence-electron chi connectivity index (χ0n) is 12.5. The molecule has 0 fully saturated rings. The summed E-state index contributed by atoms with van der Waals surface area (Å²) in [6.45, 7) is 5.12. The first-order chi connectivity index (χ1) is 9.74. The van der Waals surface area contributed by atoms with Crippen LogP contribution in [0.15, 0.2) is 18.2 Å². The van der Waals surface area contributed by atoms with Gasteiger partial charge in [-0.15, -0.1) is 0 Å². The molecule has 0 saturated carbocycles. The van der Waals surface area contributed by atoms with Crippen LogP contribution >= 0.6 is 0 Å². The van der Waals surface area contributed by atoms with Gasteiger partial charge in [-0.2, -0.15) is 13.2 Å². The topological polar surface area (TPSA) is 38.7 Å². The maximum absolute atomic E-state index is 13.1. The van der Waals surface area contributed by atoms with Crippen molar-refractivity contribution < 1.29 is 27.8 Å². The molecular formula is C15H21F3O3. The molecule has 1 atom stereocenters. The minimum absolute atomic E-state index is 0.0167. The monoisotopic (exact) mass is 306 g/mol. The zero-order chi connectivity index (χ0) is 16.1. The van der Waals surface area contributed by atoms with Crippen LogP contribution < -0.4 is 9.47 Å². The zero-order valence-corrected chi connectivity index (χ0v) is 12.5. The smallest absolute Gasteiger partial charge is 0.421 e. The van der Waals surface area contributed by atoms with Crippen LogP contribution in [-0.4, -0.2) is 24.5 Å². The Kier molecular flexibility index (Phi) is 5.89. The summed E-state index contributed by atoms with van der Waals surface area (Å²) < 4.78 is 49.8. The lowest BCUT2D eigenvalue weighted by atomic mass is 9.94. The molecule has 0 aliphatic heterocycles. The van der Waals surface area contributed by atoms with Crippen molar-refractivity contribution in [2.45, 2.75) is 45.4 Å². The Balaban J connectivity index is 3.21. The van der Waals surface area contributed by atoms with Crippen molar-refractivity contribution in [2.24, 2.45) is 0 Å². The van der Waals surface area contributed by atoms with E-state index in [-0.39, 0.29) is 23.7 Å². The largest absolute Gasteiger partial charge is 0.494 e. The second-order valence-electron chi connectivity index (χ2n) is 4.92. The van der Waals surface area contributed by atoms with Crippen LogP contribution in [0.4, 0.5) is 13.2 Å². The number of hydrogen-bond acceptors (Lipinski definition) is 3. The van der Waals surface area contributed by atoms with Crippen molar-refractivity contribution in [1.29, 1.82) is 0 Å². The summed E-state index contributed by atoms with van der Waals surface area (Å²) in [5.74, 6) is 0.295. The van der Waals surface area contributed by atoms with Gasteiger partial charge in [0.2, 0.25) is 0 Å². The Morgan fingerprint density at radius 2 is 1.62 bits per heavy atom. The van der Waals surface area contributed by atoms with Crippen LogP contribution in [-0.2, 0) is 5.60 Å². The lowest BCUT2D eigenvalue weighted by Gasteiger charge is -2.29. The number of rotatable bonds is 7. The highest BCUT2D eigenvalue weighted by atomic mass is 19.4. The van der Waals surface area contributed by atoms with Gasteiger partial charge in [-0.3, -0.25) is 0 Å². The standard InChI is InChI=1S/C15H21F3O3/c1-4-8-20-11-6-7-13(21-9-5-2)12(10-11)14(3,19)15(16,17)18/h6-7,10,19H,4-5,8-9H2,1-3H3. The van der Waals surface area contributed by atoms with Gasteiger partial charge in [-0.05, 0) is 38.0 Å². The predicted octanol–water partition coefficient (Wildman–Crippen LogP) is 4.03. The van der Waals surface area contributed by atoms with Crippen LogP contribution in [0.1, 0.15) is 39.2 Å². The quantitative estimate of drug-likeness (QED) is 0.826. The summed E-state index contributed by atoms with van der Waals surface area (Å²) in [6, 6.07) is 4.13. The summed E-state index contributed by atoms with van der Waals surface area (Å²) in [6.07, 6.45) is -3.42. The van der Waals surface area contributed by atoms with Gasteiger partial charge in [0.15, 0.2) is 5.60 Å². The fourth-order valence-electron chi connectivity index (χ4n) is 1.69. The van der Waals surface area contributed by atoms with Crippen molar-refractivity contribution in [1.82, 2.24) is 0 Å². The van der Waals surface area contributed by atoms with Gasteiger partial charge >= 0.3 is 6.18 Å². The second-order valence-corrected chi connectivity index (χ2v) is 4.92. The number of ether oxygens (including phenoxy) is 2. The highest BCUT2D eigenvalue weighted by molar-refractivity contribution is 5.44. The molecule has 3 nitrogen and oxygen atoms in total. The van der Waals surface area contributed by atoms with Crippen molar-refractivity contribution in [2.75, 3.05) is 13.2 Å². The van der Waals surface area contributed by atoms with E-state index in [2.05, 4.69) is 0 Å². The van der Waals surface area contributed by atoms with Crippen molar-refractivity contribution >= 4 is 0 Å². The molecule has 120 valence electrons. The summed E-state index contributed by atoms with van der Waals surface area (Å²) in [4.78, 5) is 0. The Hall–Kier alpha value is -1.43. The highest BCUT2D eigenvalue weighted by Crippen LogP contribution is 2.43. The fraction of sp³-hybridized carbons (Fsp3) is 0.600. The molecule has 1 rings (SSSR count). The first-order valence-electron chi connectivity index (χ1n) is 6.93. The molecule has 1 unspecified atom stereocenters. The van der Waals surface area contributed by atoms with Gasteiger partial charge in [-0.1, -0.05) is 13.8 Å². The van der Waals surface area contributed by atoms with Crippen LogP contribution in [0.2, 0.25) is 0 Å². The number of benzene rings is 1. The van der Waals surface area contributed by atoms with E-state index in [0.29, 0.717) is 20.0 Å². The molecule has 1 aromatic carbocycles. The molecule has 0 bridgehead atoms. The van der Waals surface area contributed by atoms with Gasteiger partial charge in [0.05, 0.1) is 13.2 Å². The van der Waals surface area contributed by atoms with E-state index in [9.17, 15) is 18.3 Å². The molecule has 21 heavy (non-hydrogen) atoms. The van der Waals surface area contributed by atoms with Gasteiger partial charge in [-0.25, -0.2) is 0 Å². The fourth-order valence-corrected chi connectivity index (χ4v) is 1.69. The van der Waals surface area contributed by atoms with Gasteiger partial charge in [0.25, 0.3) is 0 Å². The molecule has 0 aliphatic carbocycles. The van der Waals surface area contributed by atoms with E-state index in [0.717, 1.165) is 6.42 Å². The average molecular weight is 306 g/mol. The van der Waals surface area contributed by atoms with E-state index >= 15 is 0 Å². The maximum Gasteiger partial charge on any atom is 0.421 e. The minimum atomic E-state index is -4.80. The van der Waals surface area contributed by atoms with Crippen LogP contribution in [0, 0.1) is 0 Å². The summed E-state index contributed by atoms with van der Waals surface area (Å²) in [5.41, 5.74) is -3.33. The summed E-state index contributed by atoms with van der Waals surface area (Å²) in [5, 5.41) is 9.89. The summed E-state index contributed by atoms with van der Waals surface area (Å²) >= 11 is 0. The molecule has 1 aromatic rings. The number of aliphatic hydroxyl groups is 1. The molecule has 1 N–H and O–H groups in total. The molecule has 0 spiro atoms. The van der Waals surface area contributed by atoms with Crippen molar-refractivity contribution in [3.05, 3.63) is 23.8 Å². The number of alkyl halides is 3. The van der Waals surface area contributed by atoms with E-state index in [1.165, 1.54) is 18.2 Å². The minimum Gasteiger partial charge on any atom is -0.494 e. The van der Waals surface area contributed by atoms with E-state index in [1.807, 2.05) is 13.8 Å². The van der Waals surface area contributed by atoms with Crippen LogP contribution in [0.3, 0.4) is 0 Å². The van der Waals surface area contributed by atoms with E-state index in [4.69, 9.17) is 9.47 Å². The molecule has 0 saturated heterocycles. The summed E-state index contributed by atoms with van der Waals surface area (Å²) in [7, 11) is 0. The van der Waals surface area contributed by atoms with Crippen molar-refractivity contribution in [3.63, 3.8) is 0 Å². The van der Waals surface area contributed by atoms with Gasteiger partial charge in [0.1, 0.15) is 11.5 Å². The third-order valence-corrected chi connectivity index (χ3v) is 2.96. The number of halogens is 3. The Labute approximate surface area is 122 Å². The normalized spacial score (nSPS) is 14.6. The first-order valence-corrected chi connectivity index (χ1v) is 6.93.